The maximum atomic E-state index is 6.28. The minimum atomic E-state index is -0.125. The van der Waals surface area contributed by atoms with Crippen LogP contribution in [0.25, 0.3) is 11.0 Å². The second-order valence-electron chi connectivity index (χ2n) is 5.43. The van der Waals surface area contributed by atoms with Crippen molar-refractivity contribution in [2.45, 2.75) is 26.4 Å². The highest BCUT2D eigenvalue weighted by Gasteiger charge is 2.15. The Kier molecular flexibility index (Phi) is 3.70. The van der Waals surface area contributed by atoms with Gasteiger partial charge in [-0.3, -0.25) is 0 Å². The van der Waals surface area contributed by atoms with Gasteiger partial charge >= 0.3 is 0 Å². The molecular formula is C17H18ClN3. The van der Waals surface area contributed by atoms with Crippen LogP contribution >= 0.6 is 11.6 Å². The first-order valence-electron chi connectivity index (χ1n) is 7.02. The van der Waals surface area contributed by atoms with Crippen molar-refractivity contribution in [2.24, 2.45) is 5.73 Å². The van der Waals surface area contributed by atoms with Crippen molar-refractivity contribution < 1.29 is 0 Å². The van der Waals surface area contributed by atoms with Crippen LogP contribution in [-0.2, 0) is 6.54 Å². The van der Waals surface area contributed by atoms with Crippen molar-refractivity contribution in [3.05, 3.63) is 64.4 Å². The van der Waals surface area contributed by atoms with E-state index in [-0.39, 0.29) is 6.04 Å². The normalized spacial score (nSPS) is 12.8. The molecule has 0 radical (unpaired) electrons. The fraction of sp³-hybridized carbons (Fsp3) is 0.235. The van der Waals surface area contributed by atoms with Gasteiger partial charge in [-0.15, -0.1) is 0 Å². The monoisotopic (exact) mass is 299 g/mol. The van der Waals surface area contributed by atoms with Crippen LogP contribution in [0.2, 0.25) is 5.02 Å². The molecule has 0 aliphatic carbocycles. The molecule has 3 rings (SSSR count). The minimum Gasteiger partial charge on any atom is -0.322 e. The summed E-state index contributed by atoms with van der Waals surface area (Å²) in [6.45, 7) is 4.70. The van der Waals surface area contributed by atoms with Crippen molar-refractivity contribution in [2.75, 3.05) is 0 Å². The number of rotatable bonds is 3. The van der Waals surface area contributed by atoms with Gasteiger partial charge in [-0.2, -0.15) is 0 Å². The van der Waals surface area contributed by atoms with Gasteiger partial charge in [0.25, 0.3) is 0 Å². The maximum Gasteiger partial charge on any atom is 0.126 e. The van der Waals surface area contributed by atoms with Crippen LogP contribution in [0.3, 0.4) is 0 Å². The van der Waals surface area contributed by atoms with Gasteiger partial charge in [-0.05, 0) is 43.2 Å². The minimum absolute atomic E-state index is 0.125. The van der Waals surface area contributed by atoms with Crippen LogP contribution in [0.15, 0.2) is 42.5 Å². The Labute approximate surface area is 129 Å². The summed E-state index contributed by atoms with van der Waals surface area (Å²) < 4.78 is 2.15. The Hall–Kier alpha value is -1.84. The van der Waals surface area contributed by atoms with Gasteiger partial charge in [0.05, 0.1) is 23.6 Å². The molecule has 2 aromatic carbocycles. The molecular weight excluding hydrogens is 282 g/mol. The molecule has 2 N–H and O–H groups in total. The van der Waals surface area contributed by atoms with Gasteiger partial charge in [0.1, 0.15) is 5.82 Å². The Bertz CT molecular complexity index is 790. The van der Waals surface area contributed by atoms with Gasteiger partial charge in [0.15, 0.2) is 0 Å². The van der Waals surface area contributed by atoms with E-state index in [4.69, 9.17) is 22.3 Å². The van der Waals surface area contributed by atoms with Crippen LogP contribution in [-0.4, -0.2) is 9.55 Å². The summed E-state index contributed by atoms with van der Waals surface area (Å²) in [5.41, 5.74) is 10.4. The zero-order valence-corrected chi connectivity index (χ0v) is 12.9. The predicted octanol–water partition coefficient (Wildman–Crippen LogP) is 4.07. The summed E-state index contributed by atoms with van der Waals surface area (Å²) >= 11 is 6.28. The molecule has 0 fully saturated rings. The van der Waals surface area contributed by atoms with Crippen molar-refractivity contribution in [3.63, 3.8) is 0 Å². The summed E-state index contributed by atoms with van der Waals surface area (Å²) in [6, 6.07) is 14.0. The fourth-order valence-corrected chi connectivity index (χ4v) is 2.76. The highest BCUT2D eigenvalue weighted by atomic mass is 35.5. The lowest BCUT2D eigenvalue weighted by molar-refractivity contribution is 0.664. The standard InChI is InChI=1S/C17H18ClN3/c1-11-7-8-16-15(9-11)20-17(12(2)19)21(16)10-13-5-3-4-6-14(13)18/h3-9,12H,10,19H2,1-2H3. The molecule has 1 heterocycles. The number of hydrogen-bond donors (Lipinski definition) is 1. The third kappa shape index (κ3) is 2.67. The molecule has 1 atom stereocenters. The van der Waals surface area contributed by atoms with Gasteiger partial charge in [0.2, 0.25) is 0 Å². The summed E-state index contributed by atoms with van der Waals surface area (Å²) in [4.78, 5) is 4.69. The number of fused-ring (bicyclic) bond motifs is 1. The molecule has 3 nitrogen and oxygen atoms in total. The number of nitrogens with zero attached hydrogens (tertiary/aromatic N) is 2. The fourth-order valence-electron chi connectivity index (χ4n) is 2.57. The van der Waals surface area contributed by atoms with Crippen molar-refractivity contribution in [1.82, 2.24) is 9.55 Å². The Morgan fingerprint density at radius 1 is 1.24 bits per heavy atom. The molecule has 1 aromatic heterocycles. The summed E-state index contributed by atoms with van der Waals surface area (Å²) in [6.07, 6.45) is 0. The molecule has 0 saturated carbocycles. The van der Waals surface area contributed by atoms with Gasteiger partial charge in [-0.1, -0.05) is 35.9 Å². The third-order valence-corrected chi connectivity index (χ3v) is 4.00. The smallest absolute Gasteiger partial charge is 0.126 e. The van der Waals surface area contributed by atoms with E-state index in [0.717, 1.165) is 27.4 Å². The largest absolute Gasteiger partial charge is 0.322 e. The Morgan fingerprint density at radius 2 is 2.00 bits per heavy atom. The van der Waals surface area contributed by atoms with E-state index in [0.29, 0.717) is 6.54 Å². The van der Waals surface area contributed by atoms with E-state index in [2.05, 4.69) is 29.7 Å². The van der Waals surface area contributed by atoms with E-state index in [9.17, 15) is 0 Å². The maximum absolute atomic E-state index is 6.28. The lowest BCUT2D eigenvalue weighted by Crippen LogP contribution is -2.14. The Balaban J connectivity index is 2.16. The molecule has 0 spiro atoms. The van der Waals surface area contributed by atoms with E-state index in [1.165, 1.54) is 5.56 Å². The molecule has 3 aromatic rings. The molecule has 0 aliphatic heterocycles. The Morgan fingerprint density at radius 3 is 2.71 bits per heavy atom. The van der Waals surface area contributed by atoms with Crippen molar-refractivity contribution >= 4 is 22.6 Å². The van der Waals surface area contributed by atoms with E-state index in [1.54, 1.807) is 0 Å². The first kappa shape index (κ1) is 14.1. The molecule has 4 heteroatoms. The van der Waals surface area contributed by atoms with E-state index in [1.807, 2.05) is 31.2 Å². The van der Waals surface area contributed by atoms with Crippen LogP contribution in [0.4, 0.5) is 0 Å². The molecule has 21 heavy (non-hydrogen) atoms. The van der Waals surface area contributed by atoms with E-state index < -0.39 is 0 Å². The second-order valence-corrected chi connectivity index (χ2v) is 5.84. The number of aromatic nitrogens is 2. The molecule has 0 aliphatic rings. The van der Waals surface area contributed by atoms with Gasteiger partial charge < -0.3 is 10.3 Å². The number of nitrogens with two attached hydrogens (primary N) is 1. The zero-order chi connectivity index (χ0) is 15.0. The van der Waals surface area contributed by atoms with Crippen molar-refractivity contribution in [3.8, 4) is 0 Å². The number of aryl methyl sites for hydroxylation is 1. The lowest BCUT2D eigenvalue weighted by atomic mass is 10.2. The third-order valence-electron chi connectivity index (χ3n) is 3.63. The average Bonchev–Trinajstić information content (AvgIpc) is 2.79. The summed E-state index contributed by atoms with van der Waals surface area (Å²) in [5.74, 6) is 0.885. The van der Waals surface area contributed by atoms with Crippen LogP contribution in [0.1, 0.15) is 29.9 Å². The molecule has 1 unspecified atom stereocenters. The predicted molar refractivity (Wildman–Crippen MR) is 87.6 cm³/mol. The molecule has 0 bridgehead atoms. The highest BCUT2D eigenvalue weighted by Crippen LogP contribution is 2.24. The van der Waals surface area contributed by atoms with Gasteiger partial charge in [-0.25, -0.2) is 4.98 Å². The average molecular weight is 300 g/mol. The number of imidazole rings is 1. The highest BCUT2D eigenvalue weighted by molar-refractivity contribution is 6.31. The number of halogens is 1. The zero-order valence-electron chi connectivity index (χ0n) is 12.2. The number of hydrogen-bond acceptors (Lipinski definition) is 2. The first-order valence-corrected chi connectivity index (χ1v) is 7.40. The van der Waals surface area contributed by atoms with Gasteiger partial charge in [0, 0.05) is 5.02 Å². The van der Waals surface area contributed by atoms with Crippen molar-refractivity contribution in [1.29, 1.82) is 0 Å². The van der Waals surface area contributed by atoms with Crippen LogP contribution < -0.4 is 5.73 Å². The first-order chi connectivity index (χ1) is 10.1. The second kappa shape index (κ2) is 5.51. The van der Waals surface area contributed by atoms with E-state index >= 15 is 0 Å². The quantitative estimate of drug-likeness (QED) is 0.792. The molecule has 108 valence electrons. The summed E-state index contributed by atoms with van der Waals surface area (Å²) in [7, 11) is 0. The van der Waals surface area contributed by atoms with Crippen LogP contribution in [0, 0.1) is 6.92 Å². The summed E-state index contributed by atoms with van der Waals surface area (Å²) in [5, 5.41) is 0.766. The SMILES string of the molecule is Cc1ccc2c(c1)nc(C(C)N)n2Cc1ccccc1Cl. The topological polar surface area (TPSA) is 43.8 Å². The lowest BCUT2D eigenvalue weighted by Gasteiger charge is -2.12. The molecule has 0 amide bonds. The van der Waals surface area contributed by atoms with Crippen LogP contribution in [0.5, 0.6) is 0 Å². The number of benzene rings is 2. The molecule has 0 saturated heterocycles.